The van der Waals surface area contributed by atoms with Gasteiger partial charge >= 0.3 is 0 Å². The minimum atomic E-state index is -0.532. The van der Waals surface area contributed by atoms with E-state index >= 15 is 0 Å². The molecule has 0 spiro atoms. The Morgan fingerprint density at radius 1 is 1.17 bits per heavy atom. The molecule has 2 N–H and O–H groups in total. The van der Waals surface area contributed by atoms with Crippen LogP contribution in [0, 0.1) is 0 Å². The number of hydrogen-bond donors (Lipinski definition) is 2. The van der Waals surface area contributed by atoms with Crippen LogP contribution < -0.4 is 10.2 Å². The molecule has 134 valence electrons. The maximum absolute atomic E-state index is 10.5. The molecule has 1 atom stereocenters. The van der Waals surface area contributed by atoms with E-state index in [0.717, 1.165) is 58.1 Å². The molecular weight excluding hydrogens is 367 g/mol. The van der Waals surface area contributed by atoms with E-state index in [1.165, 1.54) is 10.1 Å². The molecule has 2 fully saturated rings. The number of aromatic nitrogens is 1. The van der Waals surface area contributed by atoms with E-state index in [-0.39, 0.29) is 24.8 Å². The number of rotatable bonds is 3. The fraction of sp³-hybridized carbons (Fsp3) is 0.562. The van der Waals surface area contributed by atoms with E-state index in [4.69, 9.17) is 0 Å². The third-order valence-electron chi connectivity index (χ3n) is 4.77. The Balaban J connectivity index is 0.00000104. The van der Waals surface area contributed by atoms with Gasteiger partial charge in [-0.3, -0.25) is 4.90 Å². The molecule has 1 aromatic carbocycles. The van der Waals surface area contributed by atoms with Crippen LogP contribution in [0.15, 0.2) is 24.3 Å². The smallest absolute Gasteiger partial charge is 0.150 e. The number of nitrogens with zero attached hydrogens (tertiary/aromatic N) is 3. The molecule has 2 saturated heterocycles. The highest BCUT2D eigenvalue weighted by molar-refractivity contribution is 7.13. The van der Waals surface area contributed by atoms with Crippen molar-refractivity contribution < 1.29 is 5.11 Å². The van der Waals surface area contributed by atoms with E-state index in [0.29, 0.717) is 0 Å². The highest BCUT2D eigenvalue weighted by atomic mass is 35.5. The van der Waals surface area contributed by atoms with Crippen molar-refractivity contribution in [1.29, 1.82) is 0 Å². The fourth-order valence-corrected chi connectivity index (χ4v) is 4.30. The summed E-state index contributed by atoms with van der Waals surface area (Å²) in [5, 5.41) is 15.0. The van der Waals surface area contributed by atoms with Crippen molar-refractivity contribution in [1.82, 2.24) is 14.6 Å². The minimum absolute atomic E-state index is 0. The molecule has 2 aromatic rings. The summed E-state index contributed by atoms with van der Waals surface area (Å²) < 4.78 is 5.91. The maximum Gasteiger partial charge on any atom is 0.150 e. The highest BCUT2D eigenvalue weighted by Crippen LogP contribution is 2.30. The zero-order valence-electron chi connectivity index (χ0n) is 13.5. The van der Waals surface area contributed by atoms with Gasteiger partial charge in [0.15, 0.2) is 0 Å². The van der Waals surface area contributed by atoms with Crippen LogP contribution >= 0.6 is 36.3 Å². The second kappa shape index (κ2) is 8.17. The number of piperazine rings is 1. The summed E-state index contributed by atoms with van der Waals surface area (Å²) >= 11 is 1.58. The molecule has 3 heterocycles. The number of β-amino-alcohol motifs (C(OH)–C–C–N with tert-alkyl or cyclic N) is 1. The molecule has 0 aliphatic carbocycles. The average molecular weight is 391 g/mol. The maximum atomic E-state index is 10.5. The molecule has 1 aromatic heterocycles. The van der Waals surface area contributed by atoms with Crippen LogP contribution in [0.25, 0.3) is 10.1 Å². The number of benzene rings is 1. The number of fused-ring (bicyclic) bond motifs is 1. The first kappa shape index (κ1) is 19.7. The Kier molecular flexibility index (Phi) is 6.70. The summed E-state index contributed by atoms with van der Waals surface area (Å²) in [6.45, 7) is 6.40. The molecule has 0 radical (unpaired) electrons. The molecule has 0 amide bonds. The molecule has 0 saturated carbocycles. The van der Waals surface area contributed by atoms with Gasteiger partial charge in [0, 0.05) is 44.7 Å². The molecule has 2 aliphatic heterocycles. The van der Waals surface area contributed by atoms with Crippen LogP contribution in [0.3, 0.4) is 0 Å². The Labute approximate surface area is 159 Å². The third-order valence-corrected chi connectivity index (χ3v) is 5.59. The molecule has 2 aliphatic rings. The Morgan fingerprint density at radius 2 is 1.92 bits per heavy atom. The normalized spacial score (nSPS) is 24.6. The lowest BCUT2D eigenvalue weighted by Gasteiger charge is -2.38. The van der Waals surface area contributed by atoms with E-state index < -0.39 is 5.60 Å². The van der Waals surface area contributed by atoms with Crippen molar-refractivity contribution in [3.63, 3.8) is 0 Å². The topological polar surface area (TPSA) is 51.6 Å². The number of anilines is 1. The zero-order valence-corrected chi connectivity index (χ0v) is 15.9. The number of hydrogen-bond acceptors (Lipinski definition) is 6. The second-order valence-corrected chi connectivity index (χ2v) is 7.22. The fourth-order valence-electron chi connectivity index (χ4n) is 3.50. The van der Waals surface area contributed by atoms with Crippen LogP contribution in [0.4, 0.5) is 5.82 Å². The van der Waals surface area contributed by atoms with Crippen molar-refractivity contribution in [2.24, 2.45) is 0 Å². The third kappa shape index (κ3) is 3.95. The van der Waals surface area contributed by atoms with Gasteiger partial charge in [0.2, 0.25) is 0 Å². The molecular formula is C16H24Cl2N4OS. The van der Waals surface area contributed by atoms with Gasteiger partial charge in [-0.25, -0.2) is 0 Å². The van der Waals surface area contributed by atoms with E-state index in [1.54, 1.807) is 11.5 Å². The van der Waals surface area contributed by atoms with Crippen LogP contribution in [0.1, 0.15) is 6.42 Å². The molecule has 24 heavy (non-hydrogen) atoms. The monoisotopic (exact) mass is 390 g/mol. The van der Waals surface area contributed by atoms with Gasteiger partial charge in [0.25, 0.3) is 0 Å². The van der Waals surface area contributed by atoms with Gasteiger partial charge in [0.1, 0.15) is 5.82 Å². The van der Waals surface area contributed by atoms with Crippen LogP contribution in [0.2, 0.25) is 0 Å². The molecule has 1 unspecified atom stereocenters. The van der Waals surface area contributed by atoms with Gasteiger partial charge in [-0.1, -0.05) is 12.1 Å². The van der Waals surface area contributed by atoms with Crippen molar-refractivity contribution in [2.75, 3.05) is 50.7 Å². The summed E-state index contributed by atoms with van der Waals surface area (Å²) in [4.78, 5) is 4.77. The molecule has 8 heteroatoms. The average Bonchev–Trinajstić information content (AvgIpc) is 3.15. The van der Waals surface area contributed by atoms with Crippen LogP contribution in [0.5, 0.6) is 0 Å². The van der Waals surface area contributed by atoms with Gasteiger partial charge in [-0.15, -0.1) is 24.8 Å². The first-order chi connectivity index (χ1) is 10.7. The quantitative estimate of drug-likeness (QED) is 0.838. The first-order valence-corrected chi connectivity index (χ1v) is 8.76. The lowest BCUT2D eigenvalue weighted by Crippen LogP contribution is -2.52. The summed E-state index contributed by atoms with van der Waals surface area (Å²) in [5.41, 5.74) is -0.532. The predicted octanol–water partition coefficient (Wildman–Crippen LogP) is 1.99. The first-order valence-electron chi connectivity index (χ1n) is 7.98. The number of halogens is 2. The van der Waals surface area contributed by atoms with Gasteiger partial charge in [0.05, 0.1) is 10.3 Å². The SMILES string of the molecule is Cl.Cl.OC1(CN2CCN(c3nsc4ccccc34)CC2)CCNC1. The minimum Gasteiger partial charge on any atom is -0.387 e. The van der Waals surface area contributed by atoms with Crippen molar-refractivity contribution in [3.8, 4) is 0 Å². The second-order valence-electron chi connectivity index (χ2n) is 6.42. The zero-order chi connectivity index (χ0) is 15.0. The molecule has 0 bridgehead atoms. The Hall–Kier alpha value is -0.630. The summed E-state index contributed by atoms with van der Waals surface area (Å²) in [5.74, 6) is 1.13. The molecule has 5 nitrogen and oxygen atoms in total. The van der Waals surface area contributed by atoms with E-state index in [2.05, 4.69) is 43.8 Å². The van der Waals surface area contributed by atoms with E-state index in [1.807, 2.05) is 0 Å². The number of nitrogens with one attached hydrogen (secondary N) is 1. The Morgan fingerprint density at radius 3 is 2.62 bits per heavy atom. The van der Waals surface area contributed by atoms with Gasteiger partial charge < -0.3 is 15.3 Å². The largest absolute Gasteiger partial charge is 0.387 e. The van der Waals surface area contributed by atoms with Crippen LogP contribution in [-0.2, 0) is 0 Å². The summed E-state index contributed by atoms with van der Waals surface area (Å²) in [6.07, 6.45) is 0.865. The lowest BCUT2D eigenvalue weighted by molar-refractivity contribution is 0.0193. The highest BCUT2D eigenvalue weighted by Gasteiger charge is 2.34. The van der Waals surface area contributed by atoms with Crippen molar-refractivity contribution in [3.05, 3.63) is 24.3 Å². The van der Waals surface area contributed by atoms with Crippen molar-refractivity contribution in [2.45, 2.75) is 12.0 Å². The standard InChI is InChI=1S/C16H22N4OS.2ClH/c21-16(5-6-17-11-16)12-19-7-9-20(10-8-19)15-13-3-1-2-4-14(13)22-18-15;;/h1-4,17,21H,5-12H2;2*1H. The number of aliphatic hydroxyl groups is 1. The van der Waals surface area contributed by atoms with Crippen LogP contribution in [-0.4, -0.2) is 65.8 Å². The van der Waals surface area contributed by atoms with Gasteiger partial charge in [-0.05, 0) is 36.6 Å². The molecule has 4 rings (SSSR count). The van der Waals surface area contributed by atoms with E-state index in [9.17, 15) is 5.11 Å². The van der Waals surface area contributed by atoms with Gasteiger partial charge in [-0.2, -0.15) is 4.37 Å². The summed E-state index contributed by atoms with van der Waals surface area (Å²) in [7, 11) is 0. The summed E-state index contributed by atoms with van der Waals surface area (Å²) in [6, 6.07) is 8.44. The predicted molar refractivity (Wildman–Crippen MR) is 105 cm³/mol. The lowest BCUT2D eigenvalue weighted by atomic mass is 10.0. The Bertz CT molecular complexity index is 654. The van der Waals surface area contributed by atoms with Crippen molar-refractivity contribution >= 4 is 52.3 Å².